The number of halogens is 1. The maximum atomic E-state index is 14.5. The number of para-hydroxylation sites is 2. The molecule has 2 N–H and O–H groups in total. The summed E-state index contributed by atoms with van der Waals surface area (Å²) in [6.45, 7) is 0. The van der Waals surface area contributed by atoms with E-state index in [1.54, 1.807) is 12.1 Å². The van der Waals surface area contributed by atoms with Crippen LogP contribution in [0.4, 0.5) is 4.39 Å². The van der Waals surface area contributed by atoms with Crippen LogP contribution in [0.2, 0.25) is 0 Å². The minimum atomic E-state index is -0.415. The van der Waals surface area contributed by atoms with Crippen LogP contribution < -0.4 is 0 Å². The third-order valence-corrected chi connectivity index (χ3v) is 7.31. The number of aromatic nitrogens is 2. The van der Waals surface area contributed by atoms with Crippen LogP contribution in [0.5, 0.6) is 0 Å². The molecule has 4 heteroatoms. The Bertz CT molecular complexity index is 1290. The lowest BCUT2D eigenvalue weighted by Gasteiger charge is -2.39. The molecule has 1 aliphatic rings. The summed E-state index contributed by atoms with van der Waals surface area (Å²) < 4.78 is 14.5. The third kappa shape index (κ3) is 2.36. The summed E-state index contributed by atoms with van der Waals surface area (Å²) >= 11 is 1.82. The Morgan fingerprint density at radius 1 is 0.759 bits per heavy atom. The van der Waals surface area contributed by atoms with Gasteiger partial charge in [-0.05, 0) is 59.2 Å². The molecular formula is C25H19FN2S. The van der Waals surface area contributed by atoms with E-state index in [9.17, 15) is 4.39 Å². The Morgan fingerprint density at radius 3 is 2.03 bits per heavy atom. The van der Waals surface area contributed by atoms with E-state index in [0.717, 1.165) is 33.7 Å². The first kappa shape index (κ1) is 16.9. The molecule has 0 saturated heterocycles. The molecule has 0 bridgehead atoms. The SMILES string of the molecule is Fc1ccc2c(c1)C(c1c[nH]c3ccccc13)(c1c[nH]c3ccccc13)CCS2. The highest BCUT2D eigenvalue weighted by molar-refractivity contribution is 7.99. The lowest BCUT2D eigenvalue weighted by molar-refractivity contribution is 0.569. The maximum absolute atomic E-state index is 14.5. The van der Waals surface area contributed by atoms with Crippen molar-refractivity contribution in [1.29, 1.82) is 0 Å². The molecule has 0 unspecified atom stereocenters. The van der Waals surface area contributed by atoms with Crippen LogP contribution >= 0.6 is 11.8 Å². The van der Waals surface area contributed by atoms with Crippen molar-refractivity contribution in [3.8, 4) is 0 Å². The Morgan fingerprint density at radius 2 is 1.38 bits per heavy atom. The van der Waals surface area contributed by atoms with E-state index in [4.69, 9.17) is 0 Å². The number of aromatic amines is 2. The minimum absolute atomic E-state index is 0.185. The van der Waals surface area contributed by atoms with E-state index in [2.05, 4.69) is 58.8 Å². The lowest BCUT2D eigenvalue weighted by Crippen LogP contribution is -2.33. The zero-order valence-electron chi connectivity index (χ0n) is 15.7. The summed E-state index contributed by atoms with van der Waals surface area (Å²) in [5.74, 6) is 0.799. The van der Waals surface area contributed by atoms with Crippen molar-refractivity contribution < 1.29 is 4.39 Å². The molecule has 1 aliphatic heterocycles. The van der Waals surface area contributed by atoms with Crippen LogP contribution in [0.1, 0.15) is 23.1 Å². The summed E-state index contributed by atoms with van der Waals surface area (Å²) in [6, 6.07) is 22.0. The van der Waals surface area contributed by atoms with Gasteiger partial charge in [-0.25, -0.2) is 4.39 Å². The number of hydrogen-bond donors (Lipinski definition) is 2. The average Bonchev–Trinajstić information content (AvgIpc) is 3.38. The van der Waals surface area contributed by atoms with Gasteiger partial charge in [0.25, 0.3) is 0 Å². The summed E-state index contributed by atoms with van der Waals surface area (Å²) in [5.41, 5.74) is 5.29. The van der Waals surface area contributed by atoms with Gasteiger partial charge in [-0.2, -0.15) is 0 Å². The second-order valence-electron chi connectivity index (χ2n) is 7.64. The van der Waals surface area contributed by atoms with Crippen molar-refractivity contribution in [1.82, 2.24) is 9.97 Å². The number of nitrogens with one attached hydrogen (secondary N) is 2. The molecule has 3 heterocycles. The van der Waals surface area contributed by atoms with E-state index < -0.39 is 5.41 Å². The molecule has 0 fully saturated rings. The zero-order valence-corrected chi connectivity index (χ0v) is 16.5. The molecule has 0 spiro atoms. The van der Waals surface area contributed by atoms with Crippen LogP contribution in [0.25, 0.3) is 21.8 Å². The van der Waals surface area contributed by atoms with E-state index in [0.29, 0.717) is 0 Å². The first-order valence-corrected chi connectivity index (χ1v) is 10.8. The fourth-order valence-corrected chi connectivity index (χ4v) is 6.15. The van der Waals surface area contributed by atoms with Gasteiger partial charge < -0.3 is 9.97 Å². The van der Waals surface area contributed by atoms with E-state index in [-0.39, 0.29) is 5.82 Å². The van der Waals surface area contributed by atoms with Crippen molar-refractivity contribution in [2.75, 3.05) is 5.75 Å². The molecule has 142 valence electrons. The van der Waals surface area contributed by atoms with Crippen LogP contribution in [-0.4, -0.2) is 15.7 Å². The van der Waals surface area contributed by atoms with Crippen molar-refractivity contribution in [2.24, 2.45) is 0 Å². The monoisotopic (exact) mass is 398 g/mol. The largest absolute Gasteiger partial charge is 0.361 e. The van der Waals surface area contributed by atoms with Crippen LogP contribution in [0, 0.1) is 5.82 Å². The van der Waals surface area contributed by atoms with Gasteiger partial charge in [0.15, 0.2) is 0 Å². The minimum Gasteiger partial charge on any atom is -0.361 e. The Labute approximate surface area is 172 Å². The molecule has 6 rings (SSSR count). The van der Waals surface area contributed by atoms with Gasteiger partial charge in [0.1, 0.15) is 5.82 Å². The second kappa shape index (κ2) is 6.26. The van der Waals surface area contributed by atoms with Gasteiger partial charge in [0.05, 0.1) is 5.41 Å². The van der Waals surface area contributed by atoms with E-state index >= 15 is 0 Å². The molecule has 0 aliphatic carbocycles. The number of thioether (sulfide) groups is 1. The predicted octanol–water partition coefficient (Wildman–Crippen LogP) is 6.62. The molecule has 3 aromatic carbocycles. The molecule has 0 atom stereocenters. The first-order valence-electron chi connectivity index (χ1n) is 9.83. The predicted molar refractivity (Wildman–Crippen MR) is 118 cm³/mol. The van der Waals surface area contributed by atoms with Crippen molar-refractivity contribution in [2.45, 2.75) is 16.7 Å². The van der Waals surface area contributed by atoms with Crippen LogP contribution in [-0.2, 0) is 5.41 Å². The maximum Gasteiger partial charge on any atom is 0.123 e. The highest BCUT2D eigenvalue weighted by atomic mass is 32.2. The number of hydrogen-bond acceptors (Lipinski definition) is 1. The van der Waals surface area contributed by atoms with Crippen molar-refractivity contribution in [3.63, 3.8) is 0 Å². The van der Waals surface area contributed by atoms with E-state index in [1.165, 1.54) is 21.9 Å². The molecule has 2 aromatic heterocycles. The van der Waals surface area contributed by atoms with Gasteiger partial charge in [-0.1, -0.05) is 36.4 Å². The highest BCUT2D eigenvalue weighted by Gasteiger charge is 2.43. The summed E-state index contributed by atoms with van der Waals surface area (Å²) in [6.07, 6.45) is 5.16. The standard InChI is InChI=1S/C25H19FN2S/c26-16-9-10-24-19(13-16)25(11-12-29-24,20-14-27-22-7-3-1-5-17(20)22)21-15-28-23-8-4-2-6-18(21)23/h1-10,13-15,27-28H,11-12H2. The number of rotatable bonds is 2. The van der Waals surface area contributed by atoms with Gasteiger partial charge in [-0.3, -0.25) is 0 Å². The topological polar surface area (TPSA) is 31.6 Å². The first-order chi connectivity index (χ1) is 14.3. The Kier molecular flexibility index (Phi) is 3.65. The Hall–Kier alpha value is -2.98. The molecule has 29 heavy (non-hydrogen) atoms. The van der Waals surface area contributed by atoms with Crippen LogP contribution in [0.15, 0.2) is 84.0 Å². The van der Waals surface area contributed by atoms with Gasteiger partial charge in [-0.15, -0.1) is 11.8 Å². The summed E-state index contributed by atoms with van der Waals surface area (Å²) in [7, 11) is 0. The number of H-pyrrole nitrogens is 2. The van der Waals surface area contributed by atoms with Gasteiger partial charge in [0, 0.05) is 39.1 Å². The molecule has 5 aromatic rings. The molecule has 0 saturated carbocycles. The normalized spacial score (nSPS) is 15.6. The number of benzene rings is 3. The molecule has 0 radical (unpaired) electrons. The fraction of sp³-hybridized carbons (Fsp3) is 0.120. The van der Waals surface area contributed by atoms with Crippen molar-refractivity contribution in [3.05, 3.63) is 102 Å². The number of fused-ring (bicyclic) bond motifs is 3. The highest BCUT2D eigenvalue weighted by Crippen LogP contribution is 2.53. The zero-order chi connectivity index (χ0) is 19.4. The summed E-state index contributed by atoms with van der Waals surface area (Å²) in [4.78, 5) is 8.07. The second-order valence-corrected chi connectivity index (χ2v) is 8.78. The van der Waals surface area contributed by atoms with Gasteiger partial charge >= 0.3 is 0 Å². The quantitative estimate of drug-likeness (QED) is 0.344. The smallest absolute Gasteiger partial charge is 0.123 e. The fourth-order valence-electron chi connectivity index (χ4n) is 4.96. The average molecular weight is 399 g/mol. The van der Waals surface area contributed by atoms with Gasteiger partial charge in [0.2, 0.25) is 0 Å². The Balaban J connectivity index is 1.77. The van der Waals surface area contributed by atoms with E-state index in [1.807, 2.05) is 30.0 Å². The molecule has 2 nitrogen and oxygen atoms in total. The third-order valence-electron chi connectivity index (χ3n) is 6.23. The molecule has 0 amide bonds. The van der Waals surface area contributed by atoms with Crippen molar-refractivity contribution >= 4 is 33.6 Å². The lowest BCUT2D eigenvalue weighted by atomic mass is 9.67. The summed E-state index contributed by atoms with van der Waals surface area (Å²) in [5, 5.41) is 2.39. The van der Waals surface area contributed by atoms with Crippen LogP contribution in [0.3, 0.4) is 0 Å². The molecular weight excluding hydrogens is 379 g/mol.